The normalized spacial score (nSPS) is 10.3. The summed E-state index contributed by atoms with van der Waals surface area (Å²) in [6.45, 7) is 7.63. The number of hydrogen-bond acceptors (Lipinski definition) is 3. The molecule has 0 heterocycles. The van der Waals surface area contributed by atoms with Gasteiger partial charge in [-0.05, 0) is 66.9 Å². The smallest absolute Gasteiger partial charge is 0.308 e. The summed E-state index contributed by atoms with van der Waals surface area (Å²) in [5.41, 5.74) is 3.48. The molecule has 2 aromatic rings. The first-order valence-corrected chi connectivity index (χ1v) is 6.87. The topological polar surface area (TPSA) is 35.5 Å². The van der Waals surface area contributed by atoms with Gasteiger partial charge in [0.25, 0.3) is 0 Å². The third kappa shape index (κ3) is 3.24. The van der Waals surface area contributed by atoms with Crippen LogP contribution < -0.4 is 9.47 Å². The highest BCUT2D eigenvalue weighted by molar-refractivity contribution is 5.96. The van der Waals surface area contributed by atoms with Crippen LogP contribution in [-0.4, -0.2) is 13.1 Å². The number of methoxy groups -OCH3 is 1. The second-order valence-corrected chi connectivity index (χ2v) is 5.28. The van der Waals surface area contributed by atoms with Crippen LogP contribution in [0.5, 0.6) is 11.5 Å². The van der Waals surface area contributed by atoms with Gasteiger partial charge in [-0.3, -0.25) is 4.79 Å². The minimum Gasteiger partial charge on any atom is -0.497 e. The summed E-state index contributed by atoms with van der Waals surface area (Å²) < 4.78 is 10.5. The Kier molecular flexibility index (Phi) is 4.32. The highest BCUT2D eigenvalue weighted by Gasteiger charge is 2.10. The summed E-state index contributed by atoms with van der Waals surface area (Å²) >= 11 is 0. The predicted octanol–water partition coefficient (Wildman–Crippen LogP) is 4.59. The summed E-state index contributed by atoms with van der Waals surface area (Å²) in [7, 11) is 1.64. The van der Waals surface area contributed by atoms with Crippen LogP contribution in [0.15, 0.2) is 35.9 Å². The van der Waals surface area contributed by atoms with Gasteiger partial charge >= 0.3 is 5.97 Å². The maximum atomic E-state index is 11.2. The van der Waals surface area contributed by atoms with Crippen molar-refractivity contribution in [2.24, 2.45) is 0 Å². The third-order valence-electron chi connectivity index (χ3n) is 3.55. The second kappa shape index (κ2) is 6.00. The quantitative estimate of drug-likeness (QED) is 0.611. The van der Waals surface area contributed by atoms with Crippen LogP contribution in [-0.2, 0) is 4.79 Å². The molecular weight excluding hydrogens is 264 g/mol. The molecule has 0 saturated heterocycles. The zero-order chi connectivity index (χ0) is 15.6. The van der Waals surface area contributed by atoms with Crippen LogP contribution in [0.25, 0.3) is 16.3 Å². The molecular formula is C18H20O3. The van der Waals surface area contributed by atoms with E-state index in [2.05, 4.69) is 20.8 Å². The van der Waals surface area contributed by atoms with Gasteiger partial charge in [0.2, 0.25) is 0 Å². The number of carbonyl (C=O) groups is 1. The van der Waals surface area contributed by atoms with Crippen molar-refractivity contribution in [1.29, 1.82) is 0 Å². The molecule has 0 spiro atoms. The molecule has 0 aliphatic heterocycles. The molecule has 2 rings (SSSR count). The van der Waals surface area contributed by atoms with Gasteiger partial charge in [-0.2, -0.15) is 0 Å². The summed E-state index contributed by atoms with van der Waals surface area (Å²) in [5.74, 6) is 1.01. The zero-order valence-electron chi connectivity index (χ0n) is 13.1. The van der Waals surface area contributed by atoms with Crippen molar-refractivity contribution in [3.05, 3.63) is 41.5 Å². The molecule has 0 radical (unpaired) electrons. The van der Waals surface area contributed by atoms with Gasteiger partial charge in [0.05, 0.1) is 7.11 Å². The molecule has 0 amide bonds. The molecule has 0 aliphatic carbocycles. The van der Waals surface area contributed by atoms with E-state index in [4.69, 9.17) is 9.47 Å². The second-order valence-electron chi connectivity index (χ2n) is 5.28. The van der Waals surface area contributed by atoms with Crippen molar-refractivity contribution in [3.8, 4) is 11.5 Å². The Morgan fingerprint density at radius 1 is 0.952 bits per heavy atom. The lowest BCUT2D eigenvalue weighted by molar-refractivity contribution is -0.131. The fourth-order valence-electron chi connectivity index (χ4n) is 2.25. The molecule has 110 valence electrons. The summed E-state index contributed by atoms with van der Waals surface area (Å²) in [6.07, 6.45) is 0. The van der Waals surface area contributed by atoms with Crippen molar-refractivity contribution in [3.63, 3.8) is 0 Å². The van der Waals surface area contributed by atoms with Crippen molar-refractivity contribution in [2.45, 2.75) is 27.7 Å². The largest absolute Gasteiger partial charge is 0.497 e. The number of ether oxygens (including phenoxy) is 2. The first kappa shape index (κ1) is 15.1. The first-order valence-electron chi connectivity index (χ1n) is 6.87. The Labute approximate surface area is 125 Å². The Balaban J connectivity index is 2.74. The van der Waals surface area contributed by atoms with Crippen LogP contribution in [0, 0.1) is 0 Å². The Hall–Kier alpha value is -2.29. The third-order valence-corrected chi connectivity index (χ3v) is 3.55. The van der Waals surface area contributed by atoms with Crippen molar-refractivity contribution in [1.82, 2.24) is 0 Å². The number of rotatable bonds is 3. The van der Waals surface area contributed by atoms with E-state index in [1.807, 2.05) is 30.3 Å². The molecule has 2 aromatic carbocycles. The van der Waals surface area contributed by atoms with E-state index >= 15 is 0 Å². The Bertz CT molecular complexity index is 723. The Morgan fingerprint density at radius 3 is 2.19 bits per heavy atom. The molecule has 0 N–H and O–H groups in total. The maximum Gasteiger partial charge on any atom is 0.308 e. The van der Waals surface area contributed by atoms with Gasteiger partial charge in [-0.1, -0.05) is 11.6 Å². The first-order chi connectivity index (χ1) is 9.92. The van der Waals surface area contributed by atoms with Crippen LogP contribution >= 0.6 is 0 Å². The number of allylic oxidation sites excluding steroid dienone is 2. The SMILES string of the molecule is COc1ccc2c(C(C)=C(C)C)cc(OC(C)=O)cc2c1. The molecule has 0 aromatic heterocycles. The van der Waals surface area contributed by atoms with Gasteiger partial charge in [-0.15, -0.1) is 0 Å². The van der Waals surface area contributed by atoms with E-state index in [-0.39, 0.29) is 5.97 Å². The number of fused-ring (bicyclic) bond motifs is 1. The standard InChI is InChI=1S/C18H20O3/c1-11(2)12(3)18-10-16(21-13(4)19)9-14-8-15(20-5)6-7-17(14)18/h6-10H,1-5H3. The number of carbonyl (C=O) groups excluding carboxylic acids is 1. The fourth-order valence-corrected chi connectivity index (χ4v) is 2.25. The fraction of sp³-hybridized carbons (Fsp3) is 0.278. The van der Waals surface area contributed by atoms with E-state index in [0.29, 0.717) is 5.75 Å². The monoisotopic (exact) mass is 284 g/mol. The lowest BCUT2D eigenvalue weighted by Gasteiger charge is -2.13. The van der Waals surface area contributed by atoms with E-state index in [9.17, 15) is 4.79 Å². The average molecular weight is 284 g/mol. The summed E-state index contributed by atoms with van der Waals surface area (Å²) in [4.78, 5) is 11.2. The van der Waals surface area contributed by atoms with E-state index in [0.717, 1.165) is 22.1 Å². The molecule has 0 atom stereocenters. The van der Waals surface area contributed by atoms with Gasteiger partial charge in [0, 0.05) is 6.92 Å². The molecule has 21 heavy (non-hydrogen) atoms. The van der Waals surface area contributed by atoms with Crippen LogP contribution in [0.2, 0.25) is 0 Å². The molecule has 3 nitrogen and oxygen atoms in total. The van der Waals surface area contributed by atoms with E-state index in [1.165, 1.54) is 18.1 Å². The highest BCUT2D eigenvalue weighted by atomic mass is 16.5. The molecule has 3 heteroatoms. The molecule has 0 aliphatic rings. The summed E-state index contributed by atoms with van der Waals surface area (Å²) in [6, 6.07) is 9.70. The lowest BCUT2D eigenvalue weighted by atomic mass is 9.96. The maximum absolute atomic E-state index is 11.2. The minimum atomic E-state index is -0.321. The van der Waals surface area contributed by atoms with Crippen LogP contribution in [0.3, 0.4) is 0 Å². The molecule has 0 fully saturated rings. The van der Waals surface area contributed by atoms with Crippen molar-refractivity contribution < 1.29 is 14.3 Å². The van der Waals surface area contributed by atoms with Gasteiger partial charge in [0.15, 0.2) is 0 Å². The highest BCUT2D eigenvalue weighted by Crippen LogP contribution is 2.33. The zero-order valence-corrected chi connectivity index (χ0v) is 13.1. The lowest BCUT2D eigenvalue weighted by Crippen LogP contribution is -2.02. The number of esters is 1. The van der Waals surface area contributed by atoms with Crippen molar-refractivity contribution in [2.75, 3.05) is 7.11 Å². The number of benzene rings is 2. The van der Waals surface area contributed by atoms with Crippen molar-refractivity contribution >= 4 is 22.3 Å². The summed E-state index contributed by atoms with van der Waals surface area (Å²) in [5, 5.41) is 2.11. The molecule has 0 bridgehead atoms. The van der Waals surface area contributed by atoms with Gasteiger partial charge in [-0.25, -0.2) is 0 Å². The van der Waals surface area contributed by atoms with E-state index < -0.39 is 0 Å². The average Bonchev–Trinajstić information content (AvgIpc) is 2.44. The van der Waals surface area contributed by atoms with E-state index in [1.54, 1.807) is 7.11 Å². The predicted molar refractivity (Wildman–Crippen MR) is 85.8 cm³/mol. The van der Waals surface area contributed by atoms with Crippen LogP contribution in [0.4, 0.5) is 0 Å². The molecule has 0 saturated carbocycles. The van der Waals surface area contributed by atoms with Gasteiger partial charge < -0.3 is 9.47 Å². The van der Waals surface area contributed by atoms with Crippen LogP contribution in [0.1, 0.15) is 33.3 Å². The Morgan fingerprint density at radius 2 is 1.62 bits per heavy atom. The molecule has 0 unspecified atom stereocenters. The van der Waals surface area contributed by atoms with Gasteiger partial charge in [0.1, 0.15) is 11.5 Å². The number of hydrogen-bond donors (Lipinski definition) is 0. The minimum absolute atomic E-state index is 0.321.